The van der Waals surface area contributed by atoms with Gasteiger partial charge in [0.2, 0.25) is 5.82 Å². The number of hydrogen-bond donors (Lipinski definition) is 0. The van der Waals surface area contributed by atoms with Crippen LogP contribution in [-0.2, 0) is 10.3 Å². The smallest absolute Gasteiger partial charge is 0.276 e. The van der Waals surface area contributed by atoms with Crippen LogP contribution in [0.15, 0.2) is 53.2 Å². The summed E-state index contributed by atoms with van der Waals surface area (Å²) in [5.41, 5.74) is 2.50. The standard InChI is InChI=1S/C18H17N3O2/c1-22-18(9-5-10-18)17-20-16(23-21-17)15-12-14(8-11-19-15)13-6-3-2-4-7-13/h2-4,6-8,11-12H,5,9-10H2,1H3. The third kappa shape index (κ3) is 2.43. The Morgan fingerprint density at radius 1 is 1.09 bits per heavy atom. The molecular weight excluding hydrogens is 290 g/mol. The van der Waals surface area contributed by atoms with Crippen molar-refractivity contribution < 1.29 is 9.26 Å². The lowest BCUT2D eigenvalue weighted by atomic mass is 9.79. The first-order chi connectivity index (χ1) is 11.3. The number of rotatable bonds is 4. The predicted molar refractivity (Wildman–Crippen MR) is 85.5 cm³/mol. The zero-order valence-electron chi connectivity index (χ0n) is 12.9. The second kappa shape index (κ2) is 5.59. The van der Waals surface area contributed by atoms with Crippen molar-refractivity contribution in [2.24, 2.45) is 0 Å². The minimum Gasteiger partial charge on any atom is -0.370 e. The van der Waals surface area contributed by atoms with E-state index in [9.17, 15) is 0 Å². The molecule has 116 valence electrons. The zero-order chi connectivity index (χ0) is 15.7. The lowest BCUT2D eigenvalue weighted by molar-refractivity contribution is -0.0858. The first kappa shape index (κ1) is 14.1. The SMILES string of the molecule is COC1(c2noc(-c3cc(-c4ccccc4)ccn3)n2)CCC1. The molecule has 1 aromatic carbocycles. The molecular formula is C18H17N3O2. The normalized spacial score (nSPS) is 16.0. The number of nitrogens with zero attached hydrogens (tertiary/aromatic N) is 3. The maximum Gasteiger partial charge on any atom is 0.276 e. The van der Waals surface area contributed by atoms with Crippen LogP contribution in [0, 0.1) is 0 Å². The Labute approximate surface area is 134 Å². The van der Waals surface area contributed by atoms with Crippen LogP contribution in [0.3, 0.4) is 0 Å². The first-order valence-electron chi connectivity index (χ1n) is 7.72. The molecule has 1 aliphatic rings. The van der Waals surface area contributed by atoms with E-state index in [0.717, 1.165) is 30.4 Å². The predicted octanol–water partition coefficient (Wildman–Crippen LogP) is 3.82. The summed E-state index contributed by atoms with van der Waals surface area (Å²) in [6.45, 7) is 0. The Kier molecular flexibility index (Phi) is 3.42. The largest absolute Gasteiger partial charge is 0.370 e. The lowest BCUT2D eigenvalue weighted by Crippen LogP contribution is -2.37. The molecule has 0 N–H and O–H groups in total. The van der Waals surface area contributed by atoms with E-state index in [0.29, 0.717) is 17.4 Å². The second-order valence-corrected chi connectivity index (χ2v) is 5.77. The van der Waals surface area contributed by atoms with Crippen LogP contribution in [0.4, 0.5) is 0 Å². The van der Waals surface area contributed by atoms with Crippen LogP contribution in [0.2, 0.25) is 0 Å². The highest BCUT2D eigenvalue weighted by Gasteiger charge is 2.43. The fraction of sp³-hybridized carbons (Fsp3) is 0.278. The lowest BCUT2D eigenvalue weighted by Gasteiger charge is -2.37. The minimum absolute atomic E-state index is 0.376. The Morgan fingerprint density at radius 2 is 1.91 bits per heavy atom. The maximum atomic E-state index is 5.60. The summed E-state index contributed by atoms with van der Waals surface area (Å²) in [7, 11) is 1.70. The number of ether oxygens (including phenoxy) is 1. The Bertz CT molecular complexity index is 804. The van der Waals surface area contributed by atoms with Crippen molar-refractivity contribution in [3.8, 4) is 22.7 Å². The van der Waals surface area contributed by atoms with Crippen molar-refractivity contribution in [2.75, 3.05) is 7.11 Å². The van der Waals surface area contributed by atoms with E-state index in [-0.39, 0.29) is 5.60 Å². The summed E-state index contributed by atoms with van der Waals surface area (Å²) in [5.74, 6) is 1.05. The monoisotopic (exact) mass is 307 g/mol. The Hall–Kier alpha value is -2.53. The van der Waals surface area contributed by atoms with Crippen LogP contribution in [0.1, 0.15) is 25.1 Å². The van der Waals surface area contributed by atoms with Gasteiger partial charge in [-0.15, -0.1) is 0 Å². The van der Waals surface area contributed by atoms with E-state index in [4.69, 9.17) is 9.26 Å². The van der Waals surface area contributed by atoms with Gasteiger partial charge in [0.05, 0.1) is 0 Å². The van der Waals surface area contributed by atoms with E-state index in [1.54, 1.807) is 13.3 Å². The highest BCUT2D eigenvalue weighted by molar-refractivity contribution is 5.67. The third-order valence-electron chi connectivity index (χ3n) is 4.47. The van der Waals surface area contributed by atoms with Crippen LogP contribution in [0.5, 0.6) is 0 Å². The molecule has 5 nitrogen and oxygen atoms in total. The highest BCUT2D eigenvalue weighted by Crippen LogP contribution is 2.43. The van der Waals surface area contributed by atoms with Gasteiger partial charge in [-0.3, -0.25) is 4.98 Å². The summed E-state index contributed by atoms with van der Waals surface area (Å²) in [6.07, 6.45) is 4.75. The van der Waals surface area contributed by atoms with E-state index >= 15 is 0 Å². The minimum atomic E-state index is -0.376. The molecule has 1 saturated carbocycles. The van der Waals surface area contributed by atoms with Crippen molar-refractivity contribution in [1.29, 1.82) is 0 Å². The quantitative estimate of drug-likeness (QED) is 0.733. The zero-order valence-corrected chi connectivity index (χ0v) is 12.9. The molecule has 3 aromatic rings. The number of aromatic nitrogens is 3. The van der Waals surface area contributed by atoms with Gasteiger partial charge >= 0.3 is 0 Å². The molecule has 0 bridgehead atoms. The summed E-state index contributed by atoms with van der Waals surface area (Å²) in [4.78, 5) is 8.88. The average molecular weight is 307 g/mol. The molecule has 23 heavy (non-hydrogen) atoms. The van der Waals surface area contributed by atoms with E-state index < -0.39 is 0 Å². The van der Waals surface area contributed by atoms with Crippen molar-refractivity contribution >= 4 is 0 Å². The van der Waals surface area contributed by atoms with E-state index in [1.165, 1.54) is 0 Å². The van der Waals surface area contributed by atoms with Gasteiger partial charge in [-0.25, -0.2) is 0 Å². The van der Waals surface area contributed by atoms with Gasteiger partial charge in [0.1, 0.15) is 11.3 Å². The van der Waals surface area contributed by atoms with Gasteiger partial charge in [0.25, 0.3) is 5.89 Å². The molecule has 1 fully saturated rings. The fourth-order valence-electron chi connectivity index (χ4n) is 2.89. The molecule has 1 aliphatic carbocycles. The number of methoxy groups -OCH3 is 1. The Balaban J connectivity index is 1.68. The molecule has 0 spiro atoms. The molecule has 0 unspecified atom stereocenters. The van der Waals surface area contributed by atoms with Crippen LogP contribution < -0.4 is 0 Å². The van der Waals surface area contributed by atoms with Crippen molar-refractivity contribution in [3.63, 3.8) is 0 Å². The number of hydrogen-bond acceptors (Lipinski definition) is 5. The average Bonchev–Trinajstić information content (AvgIpc) is 3.06. The van der Waals surface area contributed by atoms with Gasteiger partial charge in [0, 0.05) is 13.3 Å². The summed E-state index contributed by atoms with van der Waals surface area (Å²) in [6, 6.07) is 14.1. The molecule has 0 aliphatic heterocycles. The molecule has 4 rings (SSSR count). The molecule has 0 amide bonds. The van der Waals surface area contributed by atoms with E-state index in [1.807, 2.05) is 30.3 Å². The fourth-order valence-corrected chi connectivity index (χ4v) is 2.89. The molecule has 2 heterocycles. The van der Waals surface area contributed by atoms with Crippen molar-refractivity contribution in [1.82, 2.24) is 15.1 Å². The third-order valence-corrected chi connectivity index (χ3v) is 4.47. The molecule has 2 aromatic heterocycles. The summed E-state index contributed by atoms with van der Waals surface area (Å²) >= 11 is 0. The van der Waals surface area contributed by atoms with Crippen molar-refractivity contribution in [2.45, 2.75) is 24.9 Å². The van der Waals surface area contributed by atoms with Crippen LogP contribution in [0.25, 0.3) is 22.7 Å². The highest BCUT2D eigenvalue weighted by atomic mass is 16.5. The topological polar surface area (TPSA) is 61.0 Å². The van der Waals surface area contributed by atoms with Crippen LogP contribution in [-0.4, -0.2) is 22.2 Å². The molecule has 0 atom stereocenters. The van der Waals surface area contributed by atoms with Gasteiger partial charge in [0.15, 0.2) is 0 Å². The first-order valence-corrected chi connectivity index (χ1v) is 7.72. The molecule has 0 saturated heterocycles. The maximum absolute atomic E-state index is 5.60. The van der Waals surface area contributed by atoms with E-state index in [2.05, 4.69) is 27.3 Å². The van der Waals surface area contributed by atoms with Gasteiger partial charge in [-0.1, -0.05) is 35.5 Å². The second-order valence-electron chi connectivity index (χ2n) is 5.77. The number of benzene rings is 1. The van der Waals surface area contributed by atoms with Gasteiger partial charge < -0.3 is 9.26 Å². The summed E-state index contributed by atoms with van der Waals surface area (Å²) in [5, 5.41) is 4.11. The number of pyridine rings is 1. The van der Waals surface area contributed by atoms with Crippen LogP contribution >= 0.6 is 0 Å². The van der Waals surface area contributed by atoms with Gasteiger partial charge in [-0.2, -0.15) is 4.98 Å². The molecule has 5 heteroatoms. The van der Waals surface area contributed by atoms with Crippen molar-refractivity contribution in [3.05, 3.63) is 54.5 Å². The Morgan fingerprint density at radius 3 is 2.61 bits per heavy atom. The molecule has 0 radical (unpaired) electrons. The summed E-state index contributed by atoms with van der Waals surface area (Å²) < 4.78 is 11.0. The van der Waals surface area contributed by atoms with Gasteiger partial charge in [-0.05, 0) is 42.5 Å².